The first kappa shape index (κ1) is 18.1. The molecular formula is C16H13Cl2N5O3. The van der Waals surface area contributed by atoms with Gasteiger partial charge in [0.1, 0.15) is 0 Å². The lowest BCUT2D eigenvalue weighted by Gasteiger charge is -2.06. The highest BCUT2D eigenvalue weighted by Gasteiger charge is 2.18. The first-order chi connectivity index (χ1) is 12.3. The van der Waals surface area contributed by atoms with Gasteiger partial charge in [0, 0.05) is 27.1 Å². The van der Waals surface area contributed by atoms with Crippen LogP contribution in [0.4, 0.5) is 5.69 Å². The Morgan fingerprint density at radius 2 is 1.81 bits per heavy atom. The van der Waals surface area contributed by atoms with Crippen molar-refractivity contribution in [2.24, 2.45) is 0 Å². The zero-order valence-corrected chi connectivity index (χ0v) is 15.3. The summed E-state index contributed by atoms with van der Waals surface area (Å²) in [5.41, 5.74) is 1.92. The van der Waals surface area contributed by atoms with E-state index in [1.807, 2.05) is 13.8 Å². The summed E-state index contributed by atoms with van der Waals surface area (Å²) in [6.07, 6.45) is 0. The van der Waals surface area contributed by atoms with Crippen LogP contribution in [0.5, 0.6) is 0 Å². The molecule has 10 heteroatoms. The van der Waals surface area contributed by atoms with Crippen LogP contribution in [0.1, 0.15) is 22.0 Å². The molecule has 0 fully saturated rings. The smallest absolute Gasteiger partial charge is 0.378 e. The normalized spacial score (nSPS) is 10.8. The van der Waals surface area contributed by atoms with Gasteiger partial charge in [-0.05, 0) is 38.1 Å². The topological polar surface area (TPSA) is 98.5 Å². The molecule has 0 unspecified atom stereocenters. The Labute approximate surface area is 158 Å². The van der Waals surface area contributed by atoms with Gasteiger partial charge in [-0.2, -0.15) is 4.98 Å². The van der Waals surface area contributed by atoms with Crippen LogP contribution in [-0.2, 0) is 9.53 Å². The molecule has 0 aliphatic rings. The van der Waals surface area contributed by atoms with Crippen molar-refractivity contribution < 1.29 is 14.3 Å². The lowest BCUT2D eigenvalue weighted by molar-refractivity contribution is -0.119. The summed E-state index contributed by atoms with van der Waals surface area (Å²) in [5, 5.41) is 7.31. The van der Waals surface area contributed by atoms with Gasteiger partial charge in [-0.25, -0.2) is 14.3 Å². The first-order valence-electron chi connectivity index (χ1n) is 7.46. The van der Waals surface area contributed by atoms with Gasteiger partial charge in [-0.3, -0.25) is 4.79 Å². The number of esters is 1. The lowest BCUT2D eigenvalue weighted by Crippen LogP contribution is -2.21. The number of nitrogens with zero attached hydrogens (tertiary/aromatic N) is 4. The van der Waals surface area contributed by atoms with Gasteiger partial charge in [-0.15, -0.1) is 5.10 Å². The van der Waals surface area contributed by atoms with Gasteiger partial charge in [-0.1, -0.05) is 23.2 Å². The molecule has 0 aliphatic carbocycles. The number of hydrogen-bond donors (Lipinski definition) is 1. The molecule has 0 saturated heterocycles. The number of aromatic nitrogens is 4. The molecule has 0 atom stereocenters. The van der Waals surface area contributed by atoms with E-state index in [1.165, 1.54) is 22.7 Å². The Balaban J connectivity index is 1.65. The molecule has 1 N–H and O–H groups in total. The van der Waals surface area contributed by atoms with Crippen LogP contribution in [0.25, 0.3) is 5.78 Å². The lowest BCUT2D eigenvalue weighted by atomic mass is 10.3. The summed E-state index contributed by atoms with van der Waals surface area (Å²) >= 11 is 11.7. The molecule has 8 nitrogen and oxygen atoms in total. The second-order valence-electron chi connectivity index (χ2n) is 5.47. The number of anilines is 1. The maximum atomic E-state index is 12.1. The summed E-state index contributed by atoms with van der Waals surface area (Å²) in [6.45, 7) is 3.12. The van der Waals surface area contributed by atoms with Crippen LogP contribution in [0.3, 0.4) is 0 Å². The molecule has 0 aliphatic heterocycles. The van der Waals surface area contributed by atoms with Crippen molar-refractivity contribution in [1.29, 1.82) is 0 Å². The van der Waals surface area contributed by atoms with Crippen LogP contribution >= 0.6 is 23.2 Å². The summed E-state index contributed by atoms with van der Waals surface area (Å²) in [5.74, 6) is -1.27. The standard InChI is InChI=1S/C16H13Cl2N5O3/c1-8-3-9(2)23-16(19-8)21-14(22-23)15(25)26-7-13(24)20-12-5-10(17)4-11(18)6-12/h3-6H,7H2,1-2H3,(H,20,24). The van der Waals surface area contributed by atoms with Gasteiger partial charge in [0.15, 0.2) is 6.61 Å². The average Bonchev–Trinajstić information content (AvgIpc) is 2.96. The minimum absolute atomic E-state index is 0.176. The fourth-order valence-corrected chi connectivity index (χ4v) is 2.80. The Bertz CT molecular complexity index is 998. The van der Waals surface area contributed by atoms with Crippen LogP contribution in [0, 0.1) is 13.8 Å². The van der Waals surface area contributed by atoms with Crippen LogP contribution < -0.4 is 5.32 Å². The van der Waals surface area contributed by atoms with E-state index in [9.17, 15) is 9.59 Å². The Morgan fingerprint density at radius 1 is 1.12 bits per heavy atom. The number of rotatable bonds is 4. The van der Waals surface area contributed by atoms with Crippen molar-refractivity contribution in [2.45, 2.75) is 13.8 Å². The Kier molecular flexibility index (Phi) is 5.06. The molecule has 2 aromatic heterocycles. The van der Waals surface area contributed by atoms with Gasteiger partial charge < -0.3 is 10.1 Å². The molecule has 0 bridgehead atoms. The maximum Gasteiger partial charge on any atom is 0.378 e. The second kappa shape index (κ2) is 7.27. The molecule has 1 aromatic carbocycles. The molecule has 26 heavy (non-hydrogen) atoms. The van der Waals surface area contributed by atoms with Crippen LogP contribution in [-0.4, -0.2) is 38.1 Å². The second-order valence-corrected chi connectivity index (χ2v) is 6.34. The number of ether oxygens (including phenoxy) is 1. The predicted octanol–water partition coefficient (Wildman–Crippen LogP) is 2.84. The summed E-state index contributed by atoms with van der Waals surface area (Å²) < 4.78 is 6.37. The van der Waals surface area contributed by atoms with Gasteiger partial charge in [0.2, 0.25) is 0 Å². The van der Waals surface area contributed by atoms with Crippen molar-refractivity contribution in [3.63, 3.8) is 0 Å². The summed E-state index contributed by atoms with van der Waals surface area (Å²) in [7, 11) is 0. The number of nitrogens with one attached hydrogen (secondary N) is 1. The van der Waals surface area contributed by atoms with Gasteiger partial charge in [0.25, 0.3) is 17.5 Å². The number of fused-ring (bicyclic) bond motifs is 1. The monoisotopic (exact) mass is 393 g/mol. The third-order valence-corrected chi connectivity index (χ3v) is 3.72. The average molecular weight is 394 g/mol. The van der Waals surface area contributed by atoms with Crippen LogP contribution in [0.15, 0.2) is 24.3 Å². The number of aryl methyl sites for hydroxylation is 2. The summed E-state index contributed by atoms with van der Waals surface area (Å²) in [4.78, 5) is 32.2. The number of hydrogen-bond acceptors (Lipinski definition) is 6. The number of benzene rings is 1. The Morgan fingerprint density at radius 3 is 2.50 bits per heavy atom. The molecule has 134 valence electrons. The zero-order valence-electron chi connectivity index (χ0n) is 13.8. The molecule has 1 amide bonds. The molecule has 3 aromatic rings. The van der Waals surface area contributed by atoms with E-state index in [2.05, 4.69) is 20.4 Å². The molecule has 0 spiro atoms. The molecule has 0 radical (unpaired) electrons. The minimum Gasteiger partial charge on any atom is -0.450 e. The van der Waals surface area contributed by atoms with E-state index >= 15 is 0 Å². The number of halogens is 2. The van der Waals surface area contributed by atoms with E-state index in [0.29, 0.717) is 15.7 Å². The molecule has 3 rings (SSSR count). The van der Waals surface area contributed by atoms with Crippen molar-refractivity contribution in [3.05, 3.63) is 51.5 Å². The molecule has 2 heterocycles. The highest BCUT2D eigenvalue weighted by atomic mass is 35.5. The predicted molar refractivity (Wildman–Crippen MR) is 95.6 cm³/mol. The third-order valence-electron chi connectivity index (χ3n) is 3.28. The van der Waals surface area contributed by atoms with E-state index in [-0.39, 0.29) is 11.6 Å². The SMILES string of the molecule is Cc1cc(C)n2nc(C(=O)OCC(=O)Nc3cc(Cl)cc(Cl)c3)nc2n1. The summed E-state index contributed by atoms with van der Waals surface area (Å²) in [6, 6.07) is 6.38. The number of carbonyl (C=O) groups is 2. The van der Waals surface area contributed by atoms with E-state index in [4.69, 9.17) is 27.9 Å². The highest BCUT2D eigenvalue weighted by molar-refractivity contribution is 6.35. The fourth-order valence-electron chi connectivity index (χ4n) is 2.27. The van der Waals surface area contributed by atoms with E-state index < -0.39 is 18.5 Å². The largest absolute Gasteiger partial charge is 0.450 e. The van der Waals surface area contributed by atoms with Crippen molar-refractivity contribution in [2.75, 3.05) is 11.9 Å². The van der Waals surface area contributed by atoms with Crippen molar-refractivity contribution >= 4 is 46.5 Å². The maximum absolute atomic E-state index is 12.1. The zero-order chi connectivity index (χ0) is 18.8. The van der Waals surface area contributed by atoms with E-state index in [0.717, 1.165) is 11.4 Å². The fraction of sp³-hybridized carbons (Fsp3) is 0.188. The third kappa shape index (κ3) is 4.09. The molecular weight excluding hydrogens is 381 g/mol. The number of carbonyl (C=O) groups excluding carboxylic acids is 2. The van der Waals surface area contributed by atoms with Crippen molar-refractivity contribution in [1.82, 2.24) is 19.6 Å². The quantitative estimate of drug-likeness (QED) is 0.684. The van der Waals surface area contributed by atoms with Crippen LogP contribution in [0.2, 0.25) is 10.0 Å². The minimum atomic E-state index is -0.827. The molecule has 0 saturated carbocycles. The Hall–Kier alpha value is -2.71. The number of amides is 1. The highest BCUT2D eigenvalue weighted by Crippen LogP contribution is 2.22. The van der Waals surface area contributed by atoms with E-state index in [1.54, 1.807) is 6.07 Å². The van der Waals surface area contributed by atoms with Crippen molar-refractivity contribution in [3.8, 4) is 0 Å². The first-order valence-corrected chi connectivity index (χ1v) is 8.21. The van der Waals surface area contributed by atoms with Gasteiger partial charge in [0.05, 0.1) is 0 Å². The van der Waals surface area contributed by atoms with Gasteiger partial charge >= 0.3 is 5.97 Å².